The number of nitrogens with zero attached hydrogens (tertiary/aromatic N) is 1. The van der Waals surface area contributed by atoms with Crippen LogP contribution in [0.25, 0.3) is 0 Å². The van der Waals surface area contributed by atoms with Gasteiger partial charge in [0.25, 0.3) is 0 Å². The molecule has 0 aliphatic rings. The first-order chi connectivity index (χ1) is 6.99. The molecule has 5 N–H and O–H groups in total. The Labute approximate surface area is 83.8 Å². The van der Waals surface area contributed by atoms with Crippen molar-refractivity contribution in [1.29, 1.82) is 0 Å². The Morgan fingerprint density at radius 1 is 1.33 bits per heavy atom. The minimum absolute atomic E-state index is 0.318. The van der Waals surface area contributed by atoms with Gasteiger partial charge < -0.3 is 11.5 Å². The molecule has 0 spiro atoms. The molecule has 7 heteroatoms. The summed E-state index contributed by atoms with van der Waals surface area (Å²) >= 11 is 0. The van der Waals surface area contributed by atoms with E-state index in [4.69, 9.17) is 11.5 Å². The van der Waals surface area contributed by atoms with Crippen molar-refractivity contribution in [3.8, 4) is 0 Å². The molecule has 0 aliphatic heterocycles. The number of guanidine groups is 1. The van der Waals surface area contributed by atoms with Gasteiger partial charge in [-0.25, -0.2) is 18.6 Å². The van der Waals surface area contributed by atoms with Crippen molar-refractivity contribution in [2.75, 3.05) is 0 Å². The van der Waals surface area contributed by atoms with E-state index in [1.807, 2.05) is 5.32 Å². The summed E-state index contributed by atoms with van der Waals surface area (Å²) < 4.78 is 25.7. The number of urea groups is 1. The summed E-state index contributed by atoms with van der Waals surface area (Å²) in [4.78, 5) is 13.8. The average Bonchev–Trinajstić information content (AvgIpc) is 2.10. The van der Waals surface area contributed by atoms with Crippen LogP contribution in [0.5, 0.6) is 0 Å². The first-order valence-corrected chi connectivity index (χ1v) is 3.84. The van der Waals surface area contributed by atoms with Crippen LogP contribution in [0.15, 0.2) is 23.2 Å². The molecule has 1 aromatic carbocycles. The van der Waals surface area contributed by atoms with Gasteiger partial charge in [0, 0.05) is 6.07 Å². The van der Waals surface area contributed by atoms with Gasteiger partial charge in [0.1, 0.15) is 17.3 Å². The molecule has 0 bridgehead atoms. The molecule has 0 aromatic heterocycles. The number of hydrogen-bond donors (Lipinski definition) is 3. The van der Waals surface area contributed by atoms with Crippen molar-refractivity contribution in [1.82, 2.24) is 5.32 Å². The quantitative estimate of drug-likeness (QED) is 0.471. The van der Waals surface area contributed by atoms with Crippen LogP contribution >= 0.6 is 0 Å². The maximum Gasteiger partial charge on any atom is 0.318 e. The summed E-state index contributed by atoms with van der Waals surface area (Å²) in [6.45, 7) is 0. The van der Waals surface area contributed by atoms with Crippen molar-refractivity contribution in [2.24, 2.45) is 16.5 Å². The Hall–Kier alpha value is -2.18. The Morgan fingerprint density at radius 3 is 2.60 bits per heavy atom. The molecule has 0 saturated carbocycles. The second-order valence-electron chi connectivity index (χ2n) is 2.58. The van der Waals surface area contributed by atoms with Crippen LogP contribution in [0.1, 0.15) is 0 Å². The molecule has 2 amide bonds. The van der Waals surface area contributed by atoms with E-state index in [-0.39, 0.29) is 5.69 Å². The number of halogens is 2. The summed E-state index contributed by atoms with van der Waals surface area (Å²) in [6, 6.07) is 1.73. The van der Waals surface area contributed by atoms with Crippen LogP contribution in [0.4, 0.5) is 19.3 Å². The van der Waals surface area contributed by atoms with Crippen molar-refractivity contribution in [2.45, 2.75) is 0 Å². The van der Waals surface area contributed by atoms with E-state index in [0.717, 1.165) is 18.2 Å². The first kappa shape index (κ1) is 10.9. The molecule has 0 fully saturated rings. The summed E-state index contributed by atoms with van der Waals surface area (Å²) in [5, 5.41) is 1.92. The molecule has 80 valence electrons. The largest absolute Gasteiger partial charge is 0.369 e. The molecule has 0 radical (unpaired) electrons. The summed E-state index contributed by atoms with van der Waals surface area (Å²) in [5.41, 5.74) is 9.59. The molecule has 1 rings (SSSR count). The fraction of sp³-hybridized carbons (Fsp3) is 0. The maximum atomic E-state index is 13.0. The van der Waals surface area contributed by atoms with Gasteiger partial charge >= 0.3 is 6.03 Å². The molecular weight excluding hydrogens is 206 g/mol. The van der Waals surface area contributed by atoms with Crippen LogP contribution in [0.3, 0.4) is 0 Å². The molecule has 0 saturated heterocycles. The van der Waals surface area contributed by atoms with Gasteiger partial charge in [0.15, 0.2) is 0 Å². The highest BCUT2D eigenvalue weighted by atomic mass is 19.1. The molecular formula is C8H8F2N4O. The number of primary amides is 1. The number of nitrogens with two attached hydrogens (primary N) is 2. The highest BCUT2D eigenvalue weighted by Gasteiger charge is 2.04. The number of nitrogens with one attached hydrogen (secondary N) is 1. The molecule has 0 aliphatic carbocycles. The molecule has 15 heavy (non-hydrogen) atoms. The molecule has 0 heterocycles. The van der Waals surface area contributed by atoms with Crippen LogP contribution in [0.2, 0.25) is 0 Å². The van der Waals surface area contributed by atoms with Crippen molar-refractivity contribution in [3.05, 3.63) is 29.8 Å². The van der Waals surface area contributed by atoms with E-state index in [1.165, 1.54) is 0 Å². The van der Waals surface area contributed by atoms with Gasteiger partial charge in [-0.05, 0) is 12.1 Å². The van der Waals surface area contributed by atoms with E-state index in [2.05, 4.69) is 4.99 Å². The molecule has 5 nitrogen and oxygen atoms in total. The van der Waals surface area contributed by atoms with Gasteiger partial charge in [-0.1, -0.05) is 0 Å². The topological polar surface area (TPSA) is 93.5 Å². The lowest BCUT2D eigenvalue weighted by Gasteiger charge is -2.01. The maximum absolute atomic E-state index is 13.0. The lowest BCUT2D eigenvalue weighted by atomic mass is 10.3. The third-order valence-electron chi connectivity index (χ3n) is 1.40. The number of carbonyl (C=O) groups excluding carboxylic acids is 1. The predicted molar refractivity (Wildman–Crippen MR) is 50.4 cm³/mol. The number of benzene rings is 1. The normalized spacial score (nSPS) is 11.2. The van der Waals surface area contributed by atoms with Crippen molar-refractivity contribution < 1.29 is 13.6 Å². The third-order valence-corrected chi connectivity index (χ3v) is 1.40. The fourth-order valence-electron chi connectivity index (χ4n) is 0.855. The third kappa shape index (κ3) is 3.22. The zero-order chi connectivity index (χ0) is 11.4. The van der Waals surface area contributed by atoms with Gasteiger partial charge in [0.05, 0.1) is 0 Å². The Bertz CT molecular complexity index is 419. The zero-order valence-corrected chi connectivity index (χ0v) is 7.50. The van der Waals surface area contributed by atoms with Gasteiger partial charge in [-0.15, -0.1) is 0 Å². The number of rotatable bonds is 1. The van der Waals surface area contributed by atoms with E-state index < -0.39 is 23.6 Å². The molecule has 1 aromatic rings. The predicted octanol–water partition coefficient (Wildman–Crippen LogP) is 0.579. The Kier molecular flexibility index (Phi) is 3.17. The molecule has 0 unspecified atom stereocenters. The van der Waals surface area contributed by atoms with Gasteiger partial charge in [-0.2, -0.15) is 0 Å². The van der Waals surface area contributed by atoms with Gasteiger partial charge in [0.2, 0.25) is 5.96 Å². The van der Waals surface area contributed by atoms with Gasteiger partial charge in [-0.3, -0.25) is 5.32 Å². The monoisotopic (exact) mass is 214 g/mol. The average molecular weight is 214 g/mol. The highest BCUT2D eigenvalue weighted by Crippen LogP contribution is 2.18. The summed E-state index contributed by atoms with van der Waals surface area (Å²) in [6.07, 6.45) is 0. The minimum Gasteiger partial charge on any atom is -0.369 e. The van der Waals surface area contributed by atoms with Crippen molar-refractivity contribution in [3.63, 3.8) is 0 Å². The summed E-state index contributed by atoms with van der Waals surface area (Å²) in [7, 11) is 0. The smallest absolute Gasteiger partial charge is 0.318 e. The van der Waals surface area contributed by atoms with Crippen LogP contribution in [0, 0.1) is 11.6 Å². The van der Waals surface area contributed by atoms with Crippen LogP contribution in [-0.4, -0.2) is 12.0 Å². The van der Waals surface area contributed by atoms with Crippen molar-refractivity contribution >= 4 is 17.7 Å². The number of amides is 2. The minimum atomic E-state index is -0.937. The number of carbonyl (C=O) groups is 1. The zero-order valence-electron chi connectivity index (χ0n) is 7.50. The number of hydrogen-bond acceptors (Lipinski definition) is 2. The fourth-order valence-corrected chi connectivity index (χ4v) is 0.855. The molecule has 0 atom stereocenters. The standard InChI is InChI=1S/C8H8F2N4O/c9-4-1-2-5(10)6(3-4)13-7(11)14-8(12)15/h1-3H,(H5,11,12,13,14,15). The Balaban J connectivity index is 2.96. The van der Waals surface area contributed by atoms with E-state index >= 15 is 0 Å². The first-order valence-electron chi connectivity index (χ1n) is 3.84. The summed E-state index contributed by atoms with van der Waals surface area (Å²) in [5.74, 6) is -1.83. The second-order valence-corrected chi connectivity index (χ2v) is 2.58. The number of aliphatic imine (C=N–C) groups is 1. The van der Waals surface area contributed by atoms with E-state index in [0.29, 0.717) is 0 Å². The van der Waals surface area contributed by atoms with Crippen LogP contribution < -0.4 is 16.8 Å². The second kappa shape index (κ2) is 4.36. The highest BCUT2D eigenvalue weighted by molar-refractivity contribution is 5.95. The van der Waals surface area contributed by atoms with E-state index in [1.54, 1.807) is 0 Å². The van der Waals surface area contributed by atoms with E-state index in [9.17, 15) is 13.6 Å². The SMILES string of the molecule is NC(=O)NC(N)=Nc1cc(F)ccc1F. The Morgan fingerprint density at radius 2 is 2.00 bits per heavy atom. The van der Waals surface area contributed by atoms with Crippen LogP contribution in [-0.2, 0) is 0 Å². The lowest BCUT2D eigenvalue weighted by molar-refractivity contribution is 0.253. The lowest BCUT2D eigenvalue weighted by Crippen LogP contribution is -2.39.